The normalized spacial score (nSPS) is 11.5. The van der Waals surface area contributed by atoms with E-state index in [1.807, 2.05) is 12.1 Å². The van der Waals surface area contributed by atoms with Crippen LogP contribution in [0.1, 0.15) is 12.0 Å². The molecular formula is C22H20N4O4S. The smallest absolute Gasteiger partial charge is 0.238 e. The Morgan fingerprint density at radius 1 is 1.03 bits per heavy atom. The van der Waals surface area contributed by atoms with E-state index >= 15 is 0 Å². The number of hydrogen-bond acceptors (Lipinski definition) is 6. The number of fused-ring (bicyclic) bond motifs is 1. The summed E-state index contributed by atoms with van der Waals surface area (Å²) < 4.78 is 28.7. The Kier molecular flexibility index (Phi) is 5.45. The Balaban J connectivity index is 1.42. The highest BCUT2D eigenvalue weighted by atomic mass is 32.2. The van der Waals surface area contributed by atoms with Gasteiger partial charge in [0, 0.05) is 17.7 Å². The summed E-state index contributed by atoms with van der Waals surface area (Å²) in [5, 5.41) is 12.6. The number of rotatable bonds is 6. The number of carbonyl (C=O) groups excluding carboxylic acids is 1. The highest BCUT2D eigenvalue weighted by molar-refractivity contribution is 7.89. The summed E-state index contributed by atoms with van der Waals surface area (Å²) in [4.78, 5) is 12.4. The Bertz CT molecular complexity index is 1360. The molecule has 0 fully saturated rings. The quantitative estimate of drug-likeness (QED) is 0.423. The van der Waals surface area contributed by atoms with Crippen LogP contribution >= 0.6 is 0 Å². The van der Waals surface area contributed by atoms with E-state index in [-0.39, 0.29) is 17.2 Å². The number of nitrogens with two attached hydrogens (primary N) is 2. The summed E-state index contributed by atoms with van der Waals surface area (Å²) in [6.45, 7) is 0. The molecular weight excluding hydrogens is 416 g/mol. The molecule has 158 valence electrons. The number of nitrogens with one attached hydrogen (secondary N) is 1. The molecule has 0 spiro atoms. The molecule has 0 aliphatic carbocycles. The van der Waals surface area contributed by atoms with Crippen molar-refractivity contribution >= 4 is 38.4 Å². The largest absolute Gasteiger partial charge is 0.380 e. The second-order valence-corrected chi connectivity index (χ2v) is 8.59. The average molecular weight is 436 g/mol. The van der Waals surface area contributed by atoms with Crippen LogP contribution in [-0.2, 0) is 21.2 Å². The number of hydrogen-bond donors (Lipinski definition) is 3. The molecule has 8 nitrogen and oxygen atoms in total. The van der Waals surface area contributed by atoms with E-state index in [2.05, 4.69) is 10.5 Å². The van der Waals surface area contributed by atoms with Crippen LogP contribution in [0, 0.1) is 0 Å². The zero-order valence-corrected chi connectivity index (χ0v) is 17.2. The minimum absolute atomic E-state index is 0.0530. The van der Waals surface area contributed by atoms with Gasteiger partial charge in [0.2, 0.25) is 15.9 Å². The van der Waals surface area contributed by atoms with E-state index in [0.717, 1.165) is 10.9 Å². The van der Waals surface area contributed by atoms with Crippen LogP contribution in [0.5, 0.6) is 0 Å². The molecule has 4 rings (SSSR count). The summed E-state index contributed by atoms with van der Waals surface area (Å²) in [6.07, 6.45) is 0.818. The lowest BCUT2D eigenvalue weighted by molar-refractivity contribution is -0.116. The van der Waals surface area contributed by atoms with Gasteiger partial charge in [0.1, 0.15) is 0 Å². The van der Waals surface area contributed by atoms with Crippen LogP contribution in [0.4, 0.5) is 11.5 Å². The van der Waals surface area contributed by atoms with Gasteiger partial charge in [-0.05, 0) is 47.9 Å². The van der Waals surface area contributed by atoms with Gasteiger partial charge in [-0.3, -0.25) is 4.79 Å². The summed E-state index contributed by atoms with van der Waals surface area (Å²) in [5.41, 5.74) is 9.12. The molecule has 0 aliphatic heterocycles. The maximum Gasteiger partial charge on any atom is 0.238 e. The van der Waals surface area contributed by atoms with Crippen molar-refractivity contribution in [1.82, 2.24) is 5.16 Å². The summed E-state index contributed by atoms with van der Waals surface area (Å²) >= 11 is 0. The molecule has 0 saturated carbocycles. The maximum absolute atomic E-state index is 12.3. The molecule has 31 heavy (non-hydrogen) atoms. The van der Waals surface area contributed by atoms with Crippen LogP contribution in [0.25, 0.3) is 22.1 Å². The Labute approximate surface area is 178 Å². The number of nitrogens with zero attached hydrogens (tertiary/aromatic N) is 1. The van der Waals surface area contributed by atoms with Crippen molar-refractivity contribution in [1.29, 1.82) is 0 Å². The molecule has 3 aromatic carbocycles. The van der Waals surface area contributed by atoms with Crippen LogP contribution < -0.4 is 16.2 Å². The number of anilines is 2. The number of nitrogen functional groups attached to an aromatic ring is 1. The predicted octanol–water partition coefficient (Wildman–Crippen LogP) is 3.30. The average Bonchev–Trinajstić information content (AvgIpc) is 3.12. The fourth-order valence-corrected chi connectivity index (χ4v) is 4.09. The van der Waals surface area contributed by atoms with Crippen LogP contribution in [0.15, 0.2) is 76.1 Å². The summed E-state index contributed by atoms with van der Waals surface area (Å²) in [7, 11) is -3.84. The van der Waals surface area contributed by atoms with Crippen molar-refractivity contribution in [2.45, 2.75) is 17.7 Å². The lowest BCUT2D eigenvalue weighted by Crippen LogP contribution is -2.13. The highest BCUT2D eigenvalue weighted by Gasteiger charge is 2.14. The molecule has 9 heteroatoms. The van der Waals surface area contributed by atoms with Gasteiger partial charge in [-0.2, -0.15) is 0 Å². The molecule has 0 bridgehead atoms. The zero-order chi connectivity index (χ0) is 22.0. The second kappa shape index (κ2) is 8.21. The molecule has 0 saturated heterocycles. The lowest BCUT2D eigenvalue weighted by atomic mass is 10.1. The fraction of sp³-hybridized carbons (Fsp3) is 0.0909. The van der Waals surface area contributed by atoms with Gasteiger partial charge in [-0.15, -0.1) is 0 Å². The zero-order valence-electron chi connectivity index (χ0n) is 16.4. The number of amides is 1. The van der Waals surface area contributed by atoms with E-state index in [9.17, 15) is 13.2 Å². The first-order chi connectivity index (χ1) is 14.8. The SMILES string of the molecule is Nc1noc2ccc(CCC(=O)Nc3ccc(-c4ccccc4S(N)(=O)=O)cc3)cc12. The van der Waals surface area contributed by atoms with Gasteiger partial charge in [-0.25, -0.2) is 13.6 Å². The standard InChI is InChI=1S/C22H20N4O4S/c23-22-18-13-14(5-11-19(18)30-26-22)6-12-21(27)25-16-9-7-15(8-10-16)17-3-1-2-4-20(17)31(24,28)29/h1-5,7-11,13H,6,12H2,(H2,23,26)(H,25,27)(H2,24,28,29). The van der Waals surface area contributed by atoms with Crippen molar-refractivity contribution in [3.8, 4) is 11.1 Å². The first-order valence-corrected chi connectivity index (χ1v) is 11.0. The van der Waals surface area contributed by atoms with E-state index < -0.39 is 10.0 Å². The van der Waals surface area contributed by atoms with Gasteiger partial charge in [-0.1, -0.05) is 41.6 Å². The van der Waals surface area contributed by atoms with E-state index in [0.29, 0.717) is 34.6 Å². The minimum Gasteiger partial charge on any atom is -0.380 e. The molecule has 1 amide bonds. The number of aromatic nitrogens is 1. The Morgan fingerprint density at radius 3 is 2.52 bits per heavy atom. The fourth-order valence-electron chi connectivity index (χ4n) is 3.33. The van der Waals surface area contributed by atoms with Crippen LogP contribution in [-0.4, -0.2) is 19.5 Å². The maximum atomic E-state index is 12.3. The van der Waals surface area contributed by atoms with E-state index in [1.165, 1.54) is 6.07 Å². The monoisotopic (exact) mass is 436 g/mol. The number of aryl methyl sites for hydroxylation is 1. The Morgan fingerprint density at radius 2 is 1.77 bits per heavy atom. The first-order valence-electron chi connectivity index (χ1n) is 9.47. The van der Waals surface area contributed by atoms with Gasteiger partial charge < -0.3 is 15.6 Å². The second-order valence-electron chi connectivity index (χ2n) is 7.07. The first kappa shape index (κ1) is 20.6. The third kappa shape index (κ3) is 4.57. The van der Waals surface area contributed by atoms with Crippen molar-refractivity contribution in [3.05, 3.63) is 72.3 Å². The highest BCUT2D eigenvalue weighted by Crippen LogP contribution is 2.27. The molecule has 0 radical (unpaired) electrons. The summed E-state index contributed by atoms with van der Waals surface area (Å²) in [6, 6.07) is 18.9. The molecule has 0 aliphatic rings. The van der Waals surface area contributed by atoms with E-state index in [1.54, 1.807) is 48.5 Å². The predicted molar refractivity (Wildman–Crippen MR) is 119 cm³/mol. The number of carbonyl (C=O) groups is 1. The third-order valence-corrected chi connectivity index (χ3v) is 5.85. The van der Waals surface area contributed by atoms with Gasteiger partial charge in [0.15, 0.2) is 11.4 Å². The molecule has 1 aromatic heterocycles. The van der Waals surface area contributed by atoms with Gasteiger partial charge in [0.25, 0.3) is 0 Å². The van der Waals surface area contributed by atoms with Crippen molar-refractivity contribution in [2.24, 2.45) is 5.14 Å². The van der Waals surface area contributed by atoms with Gasteiger partial charge in [0.05, 0.1) is 10.3 Å². The van der Waals surface area contributed by atoms with Gasteiger partial charge >= 0.3 is 0 Å². The van der Waals surface area contributed by atoms with Crippen molar-refractivity contribution in [2.75, 3.05) is 11.1 Å². The molecule has 4 aromatic rings. The lowest BCUT2D eigenvalue weighted by Gasteiger charge is -2.10. The van der Waals surface area contributed by atoms with Crippen molar-refractivity contribution < 1.29 is 17.7 Å². The number of benzene rings is 3. The molecule has 1 heterocycles. The number of primary sulfonamides is 1. The topological polar surface area (TPSA) is 141 Å². The van der Waals surface area contributed by atoms with E-state index in [4.69, 9.17) is 15.4 Å². The third-order valence-electron chi connectivity index (χ3n) is 4.88. The number of sulfonamides is 1. The summed E-state index contributed by atoms with van der Waals surface area (Å²) in [5.74, 6) is 0.182. The Hall–Kier alpha value is -3.69. The molecule has 0 atom stereocenters. The molecule has 0 unspecified atom stereocenters. The van der Waals surface area contributed by atoms with Crippen LogP contribution in [0.3, 0.4) is 0 Å². The van der Waals surface area contributed by atoms with Crippen LogP contribution in [0.2, 0.25) is 0 Å². The van der Waals surface area contributed by atoms with Crippen molar-refractivity contribution in [3.63, 3.8) is 0 Å². The molecule has 5 N–H and O–H groups in total. The minimum atomic E-state index is -3.84.